The predicted molar refractivity (Wildman–Crippen MR) is 61.2 cm³/mol. The molecule has 0 N–H and O–H groups in total. The summed E-state index contributed by atoms with van der Waals surface area (Å²) in [5, 5.41) is 30.5. The van der Waals surface area contributed by atoms with Gasteiger partial charge < -0.3 is 0 Å². The number of benzene rings is 1. The number of nitro benzene ring substituents is 3. The Morgan fingerprint density at radius 2 is 1.06 bits per heavy atom. The van der Waals surface area contributed by atoms with Gasteiger partial charge in [-0.15, -0.1) is 0 Å². The molecule has 0 radical (unpaired) electrons. The van der Waals surface area contributed by atoms with Gasteiger partial charge >= 0.3 is 17.1 Å². The first-order valence-electron chi connectivity index (χ1n) is 4.14. The van der Waals surface area contributed by atoms with Crippen LogP contribution in [0.2, 0.25) is 10.0 Å². The third kappa shape index (κ3) is 2.05. The maximum absolute atomic E-state index is 10.7. The standard InChI is InChI=1S/C7H3Cl2N3O6/c1-2-5(10(13)14)3(8)7(12(17)18)4(9)6(2)11(15)16/h1H3. The van der Waals surface area contributed by atoms with Crippen LogP contribution in [0.25, 0.3) is 0 Å². The van der Waals surface area contributed by atoms with E-state index in [9.17, 15) is 30.3 Å². The lowest BCUT2D eigenvalue weighted by atomic mass is 10.1. The topological polar surface area (TPSA) is 129 Å². The number of nitrogens with zero attached hydrogens (tertiary/aromatic N) is 3. The fraction of sp³-hybridized carbons (Fsp3) is 0.143. The molecule has 18 heavy (non-hydrogen) atoms. The average Bonchev–Trinajstić information content (AvgIpc) is 2.14. The molecule has 0 aromatic heterocycles. The molecule has 1 rings (SSSR count). The molecule has 0 heterocycles. The van der Waals surface area contributed by atoms with E-state index in [1.165, 1.54) is 0 Å². The van der Waals surface area contributed by atoms with Crippen molar-refractivity contribution in [3.63, 3.8) is 0 Å². The highest BCUT2D eigenvalue weighted by atomic mass is 35.5. The van der Waals surface area contributed by atoms with Crippen molar-refractivity contribution in [1.29, 1.82) is 0 Å². The number of hydrogen-bond donors (Lipinski definition) is 0. The zero-order valence-electron chi connectivity index (χ0n) is 8.55. The van der Waals surface area contributed by atoms with Crippen molar-refractivity contribution < 1.29 is 14.8 Å². The van der Waals surface area contributed by atoms with Crippen molar-refractivity contribution in [3.05, 3.63) is 46.0 Å². The number of hydrogen-bond acceptors (Lipinski definition) is 6. The van der Waals surface area contributed by atoms with Gasteiger partial charge in [-0.2, -0.15) is 0 Å². The zero-order chi connectivity index (χ0) is 14.2. The second-order valence-corrected chi connectivity index (χ2v) is 3.83. The van der Waals surface area contributed by atoms with E-state index >= 15 is 0 Å². The second-order valence-electron chi connectivity index (χ2n) is 3.07. The highest BCUT2D eigenvalue weighted by Gasteiger charge is 2.38. The molecule has 0 amide bonds. The minimum absolute atomic E-state index is 0.439. The summed E-state index contributed by atoms with van der Waals surface area (Å²) in [5.74, 6) is 0. The quantitative estimate of drug-likeness (QED) is 0.622. The Bertz CT molecular complexity index is 485. The predicted octanol–water partition coefficient (Wildman–Crippen LogP) is 3.03. The van der Waals surface area contributed by atoms with Gasteiger partial charge in [-0.25, -0.2) is 0 Å². The molecule has 0 aliphatic heterocycles. The van der Waals surface area contributed by atoms with Crippen LogP contribution < -0.4 is 0 Å². The van der Waals surface area contributed by atoms with E-state index in [4.69, 9.17) is 23.2 Å². The molecule has 0 aliphatic rings. The summed E-state index contributed by atoms with van der Waals surface area (Å²) in [7, 11) is 0. The van der Waals surface area contributed by atoms with Crippen LogP contribution in [-0.2, 0) is 0 Å². The number of halogens is 2. The summed E-state index contributed by atoms with van der Waals surface area (Å²) >= 11 is 11.0. The van der Waals surface area contributed by atoms with Gasteiger partial charge in [0.15, 0.2) is 10.0 Å². The smallest absolute Gasteiger partial charge is 0.258 e. The Morgan fingerprint density at radius 1 is 0.778 bits per heavy atom. The minimum Gasteiger partial charge on any atom is -0.258 e. The summed E-state index contributed by atoms with van der Waals surface area (Å²) in [6.45, 7) is 1.04. The highest BCUT2D eigenvalue weighted by molar-refractivity contribution is 6.41. The molecule has 11 heteroatoms. The van der Waals surface area contributed by atoms with Crippen molar-refractivity contribution in [1.82, 2.24) is 0 Å². The lowest BCUT2D eigenvalue weighted by molar-refractivity contribution is -0.403. The monoisotopic (exact) mass is 295 g/mol. The zero-order valence-corrected chi connectivity index (χ0v) is 10.1. The van der Waals surface area contributed by atoms with Gasteiger partial charge in [-0.3, -0.25) is 30.3 Å². The van der Waals surface area contributed by atoms with Crippen molar-refractivity contribution in [2.45, 2.75) is 6.92 Å². The third-order valence-corrected chi connectivity index (χ3v) is 2.81. The molecule has 0 saturated heterocycles. The van der Waals surface area contributed by atoms with Crippen molar-refractivity contribution in [3.8, 4) is 0 Å². The molecule has 0 saturated carbocycles. The fourth-order valence-corrected chi connectivity index (χ4v) is 2.15. The molecule has 96 valence electrons. The molecular weight excluding hydrogens is 293 g/mol. The van der Waals surface area contributed by atoms with Gasteiger partial charge in [-0.05, 0) is 6.92 Å². The first-order chi connectivity index (χ1) is 8.20. The van der Waals surface area contributed by atoms with Crippen LogP contribution in [0.1, 0.15) is 5.56 Å². The molecule has 1 aromatic rings. The summed E-state index contributed by atoms with van der Waals surface area (Å²) in [5.41, 5.74) is -3.30. The largest absolute Gasteiger partial charge is 0.320 e. The van der Waals surface area contributed by atoms with Crippen LogP contribution in [0.3, 0.4) is 0 Å². The van der Waals surface area contributed by atoms with Crippen molar-refractivity contribution in [2.75, 3.05) is 0 Å². The molecule has 0 aliphatic carbocycles. The lowest BCUT2D eigenvalue weighted by Crippen LogP contribution is -2.03. The Kier molecular flexibility index (Phi) is 3.67. The summed E-state index contributed by atoms with van der Waals surface area (Å²) in [6, 6.07) is 0. The molecule has 0 spiro atoms. The van der Waals surface area contributed by atoms with Gasteiger partial charge in [0.1, 0.15) is 5.56 Å². The van der Waals surface area contributed by atoms with E-state index < -0.39 is 47.4 Å². The van der Waals surface area contributed by atoms with E-state index in [0.717, 1.165) is 6.92 Å². The maximum Gasteiger partial charge on any atom is 0.320 e. The number of nitro groups is 3. The van der Waals surface area contributed by atoms with Crippen LogP contribution in [-0.4, -0.2) is 14.8 Å². The van der Waals surface area contributed by atoms with Gasteiger partial charge in [0.2, 0.25) is 0 Å². The Hall–Kier alpha value is -2.00. The first kappa shape index (κ1) is 14.1. The van der Waals surface area contributed by atoms with E-state index in [1.807, 2.05) is 0 Å². The maximum atomic E-state index is 10.7. The van der Waals surface area contributed by atoms with E-state index in [0.29, 0.717) is 0 Å². The van der Waals surface area contributed by atoms with Gasteiger partial charge in [-0.1, -0.05) is 23.2 Å². The molecule has 0 bridgehead atoms. The van der Waals surface area contributed by atoms with E-state index in [2.05, 4.69) is 0 Å². The molecule has 9 nitrogen and oxygen atoms in total. The first-order valence-corrected chi connectivity index (χ1v) is 4.90. The molecule has 0 fully saturated rings. The Labute approximate surface area is 108 Å². The Morgan fingerprint density at radius 3 is 1.28 bits per heavy atom. The summed E-state index contributed by atoms with van der Waals surface area (Å²) in [4.78, 5) is 29.0. The van der Waals surface area contributed by atoms with Crippen LogP contribution in [0.5, 0.6) is 0 Å². The second kappa shape index (κ2) is 4.70. The third-order valence-electron chi connectivity index (χ3n) is 2.09. The van der Waals surface area contributed by atoms with Crippen LogP contribution in [0.15, 0.2) is 0 Å². The molecule has 0 atom stereocenters. The van der Waals surface area contributed by atoms with Gasteiger partial charge in [0.25, 0.3) is 0 Å². The van der Waals surface area contributed by atoms with Crippen molar-refractivity contribution in [2.24, 2.45) is 0 Å². The van der Waals surface area contributed by atoms with Gasteiger partial charge in [0, 0.05) is 0 Å². The molecule has 1 aromatic carbocycles. The summed E-state index contributed by atoms with van der Waals surface area (Å²) in [6.07, 6.45) is 0. The van der Waals surface area contributed by atoms with E-state index in [1.54, 1.807) is 0 Å². The van der Waals surface area contributed by atoms with E-state index in [-0.39, 0.29) is 0 Å². The number of rotatable bonds is 3. The van der Waals surface area contributed by atoms with Gasteiger partial charge in [0.05, 0.1) is 14.8 Å². The lowest BCUT2D eigenvalue weighted by Gasteiger charge is -2.04. The fourth-order valence-electron chi connectivity index (χ4n) is 1.36. The molecule has 0 unspecified atom stereocenters. The van der Waals surface area contributed by atoms with Crippen LogP contribution >= 0.6 is 23.2 Å². The molecular formula is C7H3Cl2N3O6. The Balaban J connectivity index is 3.94. The highest BCUT2D eigenvalue weighted by Crippen LogP contribution is 2.47. The SMILES string of the molecule is Cc1c([N+](=O)[O-])c(Cl)c([N+](=O)[O-])c(Cl)c1[N+](=O)[O-]. The summed E-state index contributed by atoms with van der Waals surface area (Å²) < 4.78 is 0. The normalized spacial score (nSPS) is 10.2. The van der Waals surface area contributed by atoms with Crippen LogP contribution in [0, 0.1) is 37.3 Å². The average molecular weight is 296 g/mol. The minimum atomic E-state index is -1.11. The van der Waals surface area contributed by atoms with Crippen LogP contribution in [0.4, 0.5) is 17.1 Å². The van der Waals surface area contributed by atoms with Crippen molar-refractivity contribution >= 4 is 40.3 Å².